The van der Waals surface area contributed by atoms with Crippen molar-refractivity contribution < 1.29 is 14.6 Å². The van der Waals surface area contributed by atoms with Crippen molar-refractivity contribution in [1.29, 1.82) is 0 Å². The predicted molar refractivity (Wildman–Crippen MR) is 58.3 cm³/mol. The molecule has 1 N–H and O–H groups in total. The van der Waals surface area contributed by atoms with Crippen molar-refractivity contribution in [3.05, 3.63) is 40.9 Å². The van der Waals surface area contributed by atoms with Gasteiger partial charge in [0, 0.05) is 11.1 Å². The number of aliphatic carboxylic acids is 1. The zero-order valence-corrected chi connectivity index (χ0v) is 8.99. The Bertz CT molecular complexity index is 385. The lowest BCUT2D eigenvalue weighted by molar-refractivity contribution is -0.131. The minimum absolute atomic E-state index is 0.243. The molecule has 1 aromatic rings. The van der Waals surface area contributed by atoms with Gasteiger partial charge in [-0.25, -0.2) is 4.79 Å². The van der Waals surface area contributed by atoms with Crippen molar-refractivity contribution in [3.8, 4) is 5.75 Å². The van der Waals surface area contributed by atoms with Gasteiger partial charge in [0.1, 0.15) is 12.4 Å². The van der Waals surface area contributed by atoms with Crippen LogP contribution in [0, 0.1) is 0 Å². The summed E-state index contributed by atoms with van der Waals surface area (Å²) in [5.74, 6) is -0.345. The van der Waals surface area contributed by atoms with E-state index < -0.39 is 5.97 Å². The van der Waals surface area contributed by atoms with Crippen LogP contribution >= 0.6 is 11.6 Å². The lowest BCUT2D eigenvalue weighted by atomic mass is 10.3. The van der Waals surface area contributed by atoms with Crippen LogP contribution < -0.4 is 4.74 Å². The van der Waals surface area contributed by atoms with E-state index in [9.17, 15) is 4.79 Å². The van der Waals surface area contributed by atoms with Gasteiger partial charge in [0.25, 0.3) is 0 Å². The highest BCUT2D eigenvalue weighted by Gasteiger charge is 1.97. The highest BCUT2D eigenvalue weighted by Crippen LogP contribution is 2.17. The third kappa shape index (κ3) is 4.51. The van der Waals surface area contributed by atoms with Crippen LogP contribution in [0.25, 0.3) is 0 Å². The molecular weight excluding hydrogens is 216 g/mol. The molecule has 80 valence electrons. The molecular formula is C11H11ClO3. The van der Waals surface area contributed by atoms with Crippen molar-refractivity contribution in [3.63, 3.8) is 0 Å². The Morgan fingerprint density at radius 2 is 2.33 bits per heavy atom. The molecule has 0 aromatic heterocycles. The number of benzene rings is 1. The first-order valence-corrected chi connectivity index (χ1v) is 4.74. The quantitative estimate of drug-likeness (QED) is 0.803. The maximum atomic E-state index is 10.3. The normalized spacial score (nSPS) is 11.2. The van der Waals surface area contributed by atoms with E-state index in [1.54, 1.807) is 31.2 Å². The standard InChI is InChI=1S/C11H11ClO3/c1-8(5-11(13)14)7-15-10-4-2-3-9(12)6-10/h2-6H,7H2,1H3,(H,13,14)/b8-5+. The van der Waals surface area contributed by atoms with Gasteiger partial charge in [-0.05, 0) is 30.7 Å². The first-order valence-electron chi connectivity index (χ1n) is 4.36. The molecule has 3 nitrogen and oxygen atoms in total. The molecule has 15 heavy (non-hydrogen) atoms. The Labute approximate surface area is 92.9 Å². The van der Waals surface area contributed by atoms with E-state index in [0.29, 0.717) is 16.3 Å². The molecule has 0 heterocycles. The van der Waals surface area contributed by atoms with Gasteiger partial charge in [-0.15, -0.1) is 0 Å². The molecule has 0 saturated carbocycles. The minimum atomic E-state index is -0.970. The molecule has 0 aliphatic rings. The van der Waals surface area contributed by atoms with E-state index in [4.69, 9.17) is 21.4 Å². The van der Waals surface area contributed by atoms with Crippen LogP contribution in [0.3, 0.4) is 0 Å². The van der Waals surface area contributed by atoms with Gasteiger partial charge in [0.2, 0.25) is 0 Å². The van der Waals surface area contributed by atoms with Gasteiger partial charge in [0.15, 0.2) is 0 Å². The number of carboxylic acids is 1. The highest BCUT2D eigenvalue weighted by atomic mass is 35.5. The molecule has 0 spiro atoms. The fourth-order valence-corrected chi connectivity index (χ4v) is 1.19. The highest BCUT2D eigenvalue weighted by molar-refractivity contribution is 6.30. The third-order valence-corrected chi connectivity index (χ3v) is 1.87. The summed E-state index contributed by atoms with van der Waals surface area (Å²) in [4.78, 5) is 10.3. The van der Waals surface area contributed by atoms with Gasteiger partial charge in [-0.2, -0.15) is 0 Å². The summed E-state index contributed by atoms with van der Waals surface area (Å²) in [7, 11) is 0. The molecule has 0 amide bonds. The number of halogens is 1. The summed E-state index contributed by atoms with van der Waals surface area (Å²) in [5.41, 5.74) is 0.641. The summed E-state index contributed by atoms with van der Waals surface area (Å²) in [6.45, 7) is 1.94. The predicted octanol–water partition coefficient (Wildman–Crippen LogP) is 2.75. The molecule has 1 rings (SSSR count). The Morgan fingerprint density at radius 3 is 2.93 bits per heavy atom. The zero-order chi connectivity index (χ0) is 11.3. The smallest absolute Gasteiger partial charge is 0.328 e. The lowest BCUT2D eigenvalue weighted by Gasteiger charge is -2.05. The second-order valence-corrected chi connectivity index (χ2v) is 3.51. The van der Waals surface area contributed by atoms with Gasteiger partial charge < -0.3 is 9.84 Å². The third-order valence-electron chi connectivity index (χ3n) is 1.63. The molecule has 4 heteroatoms. The van der Waals surface area contributed by atoms with Crippen molar-refractivity contribution in [2.24, 2.45) is 0 Å². The molecule has 1 aromatic carbocycles. The first kappa shape index (κ1) is 11.6. The van der Waals surface area contributed by atoms with Gasteiger partial charge in [-0.1, -0.05) is 17.7 Å². The number of rotatable bonds is 4. The van der Waals surface area contributed by atoms with Crippen LogP contribution in [0.4, 0.5) is 0 Å². The fourth-order valence-electron chi connectivity index (χ4n) is 1.01. The molecule has 0 aliphatic carbocycles. The summed E-state index contributed by atoms with van der Waals surface area (Å²) < 4.78 is 5.33. The Balaban J connectivity index is 2.54. The van der Waals surface area contributed by atoms with E-state index in [0.717, 1.165) is 6.08 Å². The average molecular weight is 227 g/mol. The molecule has 0 unspecified atom stereocenters. The SMILES string of the molecule is C/C(=C\C(=O)O)COc1cccc(Cl)c1. The van der Waals surface area contributed by atoms with E-state index in [1.165, 1.54) is 0 Å². The monoisotopic (exact) mass is 226 g/mol. The number of hydrogen-bond donors (Lipinski definition) is 1. The number of ether oxygens (including phenoxy) is 1. The molecule has 0 fully saturated rings. The zero-order valence-electron chi connectivity index (χ0n) is 8.24. The Morgan fingerprint density at radius 1 is 1.60 bits per heavy atom. The summed E-state index contributed by atoms with van der Waals surface area (Å²) in [6.07, 6.45) is 1.12. The van der Waals surface area contributed by atoms with Gasteiger partial charge >= 0.3 is 5.97 Å². The van der Waals surface area contributed by atoms with Crippen LogP contribution in [0.15, 0.2) is 35.9 Å². The van der Waals surface area contributed by atoms with Crippen molar-refractivity contribution in [2.75, 3.05) is 6.61 Å². The first-order chi connectivity index (χ1) is 7.08. The summed E-state index contributed by atoms with van der Waals surface area (Å²) in [5, 5.41) is 9.06. The summed E-state index contributed by atoms with van der Waals surface area (Å²) >= 11 is 5.76. The minimum Gasteiger partial charge on any atom is -0.489 e. The van der Waals surface area contributed by atoms with E-state index in [1.807, 2.05) is 0 Å². The van der Waals surface area contributed by atoms with Crippen LogP contribution in [0.1, 0.15) is 6.92 Å². The van der Waals surface area contributed by atoms with Crippen LogP contribution in [-0.4, -0.2) is 17.7 Å². The van der Waals surface area contributed by atoms with Crippen LogP contribution in [-0.2, 0) is 4.79 Å². The van der Waals surface area contributed by atoms with E-state index >= 15 is 0 Å². The molecule has 0 atom stereocenters. The van der Waals surface area contributed by atoms with Crippen molar-refractivity contribution in [1.82, 2.24) is 0 Å². The molecule has 0 aliphatic heterocycles. The Hall–Kier alpha value is -1.48. The second kappa shape index (κ2) is 5.41. The van der Waals surface area contributed by atoms with Crippen LogP contribution in [0.5, 0.6) is 5.75 Å². The lowest BCUT2D eigenvalue weighted by Crippen LogP contribution is -2.01. The number of carboxylic acid groups (broad SMARTS) is 1. The van der Waals surface area contributed by atoms with Crippen molar-refractivity contribution in [2.45, 2.75) is 6.92 Å². The maximum absolute atomic E-state index is 10.3. The van der Waals surface area contributed by atoms with Gasteiger partial charge in [0.05, 0.1) is 0 Å². The van der Waals surface area contributed by atoms with Crippen LogP contribution in [0.2, 0.25) is 5.02 Å². The second-order valence-electron chi connectivity index (χ2n) is 3.07. The van der Waals surface area contributed by atoms with Gasteiger partial charge in [-0.3, -0.25) is 0 Å². The van der Waals surface area contributed by atoms with E-state index in [-0.39, 0.29) is 6.61 Å². The van der Waals surface area contributed by atoms with E-state index in [2.05, 4.69) is 0 Å². The number of hydrogen-bond acceptors (Lipinski definition) is 2. The molecule has 0 radical (unpaired) electrons. The maximum Gasteiger partial charge on any atom is 0.328 e. The largest absolute Gasteiger partial charge is 0.489 e. The molecule has 0 bridgehead atoms. The topological polar surface area (TPSA) is 46.5 Å². The fraction of sp³-hybridized carbons (Fsp3) is 0.182. The summed E-state index contributed by atoms with van der Waals surface area (Å²) in [6, 6.07) is 6.96. The van der Waals surface area contributed by atoms with Crippen molar-refractivity contribution >= 4 is 17.6 Å². The Kier molecular flexibility index (Phi) is 4.18. The molecule has 0 saturated heterocycles. The number of carbonyl (C=O) groups is 1. The average Bonchev–Trinajstić information content (AvgIpc) is 2.14.